The summed E-state index contributed by atoms with van der Waals surface area (Å²) in [4.78, 5) is 8.41. The van der Waals surface area contributed by atoms with E-state index >= 15 is 0 Å². The van der Waals surface area contributed by atoms with Crippen molar-refractivity contribution < 1.29 is 4.39 Å². The van der Waals surface area contributed by atoms with Crippen LogP contribution in [0.15, 0.2) is 41.5 Å². The average Bonchev–Trinajstić information content (AvgIpc) is 3.01. The lowest BCUT2D eigenvalue weighted by molar-refractivity contribution is 0.584. The average molecular weight is 398 g/mol. The summed E-state index contributed by atoms with van der Waals surface area (Å²) < 4.78 is 13.6. The van der Waals surface area contributed by atoms with Crippen LogP contribution in [-0.4, -0.2) is 17.2 Å². The van der Waals surface area contributed by atoms with Gasteiger partial charge in [-0.05, 0) is 30.2 Å². The Morgan fingerprint density at radius 2 is 2.19 bits per heavy atom. The second-order valence-electron chi connectivity index (χ2n) is 5.62. The van der Waals surface area contributed by atoms with Gasteiger partial charge in [-0.25, -0.2) is 9.98 Å². The van der Waals surface area contributed by atoms with Crippen molar-refractivity contribution in [1.82, 2.24) is 4.98 Å². The predicted octanol–water partition coefficient (Wildman–Crippen LogP) is 4.76. The van der Waals surface area contributed by atoms with Crippen LogP contribution < -0.4 is 5.73 Å². The lowest BCUT2D eigenvalue weighted by Crippen LogP contribution is -2.12. The molecule has 0 radical (unpaired) electrons. The Kier molecular flexibility index (Phi) is 5.31. The molecule has 27 heavy (non-hydrogen) atoms. The van der Waals surface area contributed by atoms with Crippen molar-refractivity contribution in [2.24, 2.45) is 10.7 Å². The number of thiophene rings is 1. The number of amidine groups is 1. The number of nitriles is 1. The van der Waals surface area contributed by atoms with Gasteiger partial charge in [0.1, 0.15) is 18.2 Å². The lowest BCUT2D eigenvalue weighted by Gasteiger charge is -2.08. The van der Waals surface area contributed by atoms with Gasteiger partial charge in [0.2, 0.25) is 5.95 Å². The van der Waals surface area contributed by atoms with Gasteiger partial charge in [-0.3, -0.25) is 5.41 Å². The number of halogens is 2. The number of nitrogens with two attached hydrogens (primary N) is 1. The molecule has 1 aromatic carbocycles. The van der Waals surface area contributed by atoms with Crippen LogP contribution in [0.3, 0.4) is 0 Å². The fourth-order valence-corrected chi connectivity index (χ4v) is 4.17. The van der Waals surface area contributed by atoms with E-state index < -0.39 is 5.95 Å². The lowest BCUT2D eigenvalue weighted by atomic mass is 9.97. The molecule has 0 spiro atoms. The molecule has 2 aromatic heterocycles. The molecule has 3 aromatic rings. The highest BCUT2D eigenvalue weighted by Crippen LogP contribution is 2.44. The maximum atomic E-state index is 13.6. The third-order valence-electron chi connectivity index (χ3n) is 3.84. The minimum absolute atomic E-state index is 0.0823. The number of rotatable bonds is 4. The van der Waals surface area contributed by atoms with Gasteiger partial charge in [0.05, 0.1) is 15.3 Å². The van der Waals surface area contributed by atoms with Gasteiger partial charge in [0.25, 0.3) is 0 Å². The first-order chi connectivity index (χ1) is 13.0. The molecule has 0 amide bonds. The van der Waals surface area contributed by atoms with E-state index in [9.17, 15) is 9.65 Å². The van der Waals surface area contributed by atoms with E-state index in [4.69, 9.17) is 22.7 Å². The van der Waals surface area contributed by atoms with E-state index in [1.54, 1.807) is 18.2 Å². The number of nitrogens with one attached hydrogen (secondary N) is 1. The number of pyridine rings is 1. The Morgan fingerprint density at radius 3 is 2.81 bits per heavy atom. The van der Waals surface area contributed by atoms with Crippen LogP contribution in [0.5, 0.6) is 0 Å². The van der Waals surface area contributed by atoms with Gasteiger partial charge >= 0.3 is 0 Å². The Morgan fingerprint density at radius 1 is 1.41 bits per heavy atom. The molecule has 0 aliphatic carbocycles. The third kappa shape index (κ3) is 3.58. The van der Waals surface area contributed by atoms with Gasteiger partial charge < -0.3 is 5.73 Å². The quantitative estimate of drug-likeness (QED) is 0.377. The van der Waals surface area contributed by atoms with E-state index in [0.717, 1.165) is 11.9 Å². The number of hydrogen-bond acceptors (Lipinski definition) is 4. The van der Waals surface area contributed by atoms with Crippen molar-refractivity contribution in [3.8, 4) is 27.6 Å². The number of aromatic nitrogens is 1. The molecule has 0 saturated carbocycles. The normalized spacial score (nSPS) is 11.3. The molecule has 2 heterocycles. The van der Waals surface area contributed by atoms with Gasteiger partial charge in [-0.15, -0.1) is 11.3 Å². The molecule has 134 valence electrons. The maximum absolute atomic E-state index is 13.6. The molecule has 3 rings (SSSR count). The van der Waals surface area contributed by atoms with Gasteiger partial charge in [0.15, 0.2) is 0 Å². The first-order valence-electron chi connectivity index (χ1n) is 7.74. The van der Waals surface area contributed by atoms with Gasteiger partial charge in [-0.2, -0.15) is 9.65 Å². The first-order valence-corrected chi connectivity index (χ1v) is 8.93. The second-order valence-corrected chi connectivity index (χ2v) is 7.04. The third-order valence-corrected chi connectivity index (χ3v) is 5.41. The molecule has 0 atom stereocenters. The van der Waals surface area contributed by atoms with Gasteiger partial charge in [0, 0.05) is 28.4 Å². The maximum Gasteiger partial charge on any atom is 0.213 e. The number of nitrogens with zero attached hydrogens (tertiary/aromatic N) is 3. The number of hydrogen-bond donors (Lipinski definition) is 2. The Bertz CT molecular complexity index is 1110. The monoisotopic (exact) mass is 397 g/mol. The highest BCUT2D eigenvalue weighted by molar-refractivity contribution is 7.18. The minimum atomic E-state index is -0.651. The molecule has 0 fully saturated rings. The molecule has 0 saturated heterocycles. The topological polar surface area (TPSA) is 98.9 Å². The van der Waals surface area contributed by atoms with Crippen molar-refractivity contribution in [2.45, 2.75) is 6.92 Å². The molecule has 0 unspecified atom stereocenters. The van der Waals surface area contributed by atoms with Crippen LogP contribution in [0.4, 0.5) is 4.39 Å². The summed E-state index contributed by atoms with van der Waals surface area (Å²) >= 11 is 7.62. The molecule has 5 nitrogen and oxygen atoms in total. The summed E-state index contributed by atoms with van der Waals surface area (Å²) in [7, 11) is 0. The zero-order chi connectivity index (χ0) is 19.6. The highest BCUT2D eigenvalue weighted by Gasteiger charge is 2.24. The molecule has 3 N–H and O–H groups in total. The Balaban J connectivity index is 2.38. The summed E-state index contributed by atoms with van der Waals surface area (Å²) in [6.07, 6.45) is 2.16. The zero-order valence-electron chi connectivity index (χ0n) is 14.1. The summed E-state index contributed by atoms with van der Waals surface area (Å²) in [5.74, 6) is -0.568. The van der Waals surface area contributed by atoms with Crippen LogP contribution in [0, 0.1) is 29.6 Å². The van der Waals surface area contributed by atoms with Crippen LogP contribution in [0.25, 0.3) is 21.6 Å². The number of benzene rings is 1. The summed E-state index contributed by atoms with van der Waals surface area (Å²) in [6.45, 7) is 1.91. The summed E-state index contributed by atoms with van der Waals surface area (Å²) in [5, 5.41) is 17.5. The number of aliphatic imine (C=N–C) groups is 1. The van der Waals surface area contributed by atoms with Crippen LogP contribution in [0.2, 0.25) is 5.02 Å². The molecular weight excluding hydrogens is 385 g/mol. The fourth-order valence-electron chi connectivity index (χ4n) is 2.67. The first kappa shape index (κ1) is 18.7. The molecule has 8 heteroatoms. The zero-order valence-corrected chi connectivity index (χ0v) is 15.7. The summed E-state index contributed by atoms with van der Waals surface area (Å²) in [6, 6.07) is 10.5. The van der Waals surface area contributed by atoms with Crippen molar-refractivity contribution in [3.05, 3.63) is 63.5 Å². The molecular formula is C19H13ClFN5S. The molecule has 0 aliphatic rings. The van der Waals surface area contributed by atoms with Crippen LogP contribution in [0.1, 0.15) is 16.0 Å². The Labute approximate surface area is 164 Å². The van der Waals surface area contributed by atoms with E-state index in [1.807, 2.05) is 13.0 Å². The van der Waals surface area contributed by atoms with E-state index in [1.165, 1.54) is 23.6 Å². The largest absolute Gasteiger partial charge is 0.382 e. The smallest absolute Gasteiger partial charge is 0.213 e. The van der Waals surface area contributed by atoms with E-state index in [0.29, 0.717) is 37.0 Å². The van der Waals surface area contributed by atoms with E-state index in [-0.39, 0.29) is 5.84 Å². The van der Waals surface area contributed by atoms with Crippen molar-refractivity contribution >= 4 is 35.1 Å². The number of aryl methyl sites for hydroxylation is 1. The molecule has 0 aliphatic heterocycles. The van der Waals surface area contributed by atoms with Crippen molar-refractivity contribution in [2.75, 3.05) is 0 Å². The fraction of sp³-hybridized carbons (Fsp3) is 0.0526. The highest BCUT2D eigenvalue weighted by atomic mass is 35.5. The predicted molar refractivity (Wildman–Crippen MR) is 107 cm³/mol. The molecule has 0 bridgehead atoms. The van der Waals surface area contributed by atoms with Gasteiger partial charge in [-0.1, -0.05) is 23.7 Å². The van der Waals surface area contributed by atoms with Crippen molar-refractivity contribution in [3.63, 3.8) is 0 Å². The standard InChI is InChI=1S/C19H13ClFN5S/c1-10-2-3-12(14(20)6-10)16-13(8-22)17(11-4-5-25-15(21)7-11)27-18(16)19(24)26-9-23/h2-7,9H,1H3,(H3,23,24,26). The second kappa shape index (κ2) is 7.66. The van der Waals surface area contributed by atoms with Crippen molar-refractivity contribution in [1.29, 1.82) is 10.7 Å². The summed E-state index contributed by atoms with van der Waals surface area (Å²) in [5.41, 5.74) is 8.96. The SMILES string of the molecule is Cc1ccc(-c2c(C(N)=NC=N)sc(-c3ccnc(F)c3)c2C#N)c(Cl)c1. The minimum Gasteiger partial charge on any atom is -0.382 e. The van der Waals surface area contributed by atoms with E-state index in [2.05, 4.69) is 16.0 Å². The van der Waals surface area contributed by atoms with Crippen LogP contribution in [-0.2, 0) is 0 Å². The Hall–Kier alpha value is -3.08. The van der Waals surface area contributed by atoms with Crippen LogP contribution >= 0.6 is 22.9 Å².